The number of carbonyl (C=O) groups is 1. The lowest BCUT2D eigenvalue weighted by Gasteiger charge is -2.21. The second kappa shape index (κ2) is 8.01. The molecule has 1 aromatic heterocycles. The van der Waals surface area contributed by atoms with Gasteiger partial charge in [0.25, 0.3) is 5.91 Å². The van der Waals surface area contributed by atoms with Crippen LogP contribution in [0.1, 0.15) is 47.2 Å². The van der Waals surface area contributed by atoms with Gasteiger partial charge in [-0.25, -0.2) is 4.98 Å². The van der Waals surface area contributed by atoms with Crippen molar-refractivity contribution < 1.29 is 9.90 Å². The molecule has 2 N–H and O–H groups in total. The number of pyridine rings is 1. The molecule has 1 fully saturated rings. The van der Waals surface area contributed by atoms with E-state index < -0.39 is 0 Å². The molecule has 3 rings (SSSR count). The second-order valence-corrected chi connectivity index (χ2v) is 6.63. The van der Waals surface area contributed by atoms with Crippen LogP contribution in [-0.2, 0) is 6.54 Å². The molecule has 0 atom stereocenters. The van der Waals surface area contributed by atoms with E-state index in [0.717, 1.165) is 30.0 Å². The van der Waals surface area contributed by atoms with Crippen LogP contribution in [0.2, 0.25) is 0 Å². The maximum absolute atomic E-state index is 12.3. The number of amides is 1. The molecule has 1 aliphatic heterocycles. The van der Waals surface area contributed by atoms with Crippen LogP contribution in [0.15, 0.2) is 36.5 Å². The van der Waals surface area contributed by atoms with Gasteiger partial charge in [-0.1, -0.05) is 18.9 Å². The number of aromatic nitrogens is 1. The zero-order valence-electron chi connectivity index (χ0n) is 14.7. The van der Waals surface area contributed by atoms with E-state index in [2.05, 4.69) is 15.2 Å². The number of phenolic OH excluding ortho intramolecular Hbond substituents is 1. The molecule has 25 heavy (non-hydrogen) atoms. The lowest BCUT2D eigenvalue weighted by molar-refractivity contribution is 0.0948. The van der Waals surface area contributed by atoms with Crippen molar-refractivity contribution in [2.45, 2.75) is 39.2 Å². The fourth-order valence-corrected chi connectivity index (χ4v) is 3.15. The first-order chi connectivity index (χ1) is 12.1. The van der Waals surface area contributed by atoms with Crippen LogP contribution in [0.25, 0.3) is 0 Å². The largest absolute Gasteiger partial charge is 0.507 e. The van der Waals surface area contributed by atoms with E-state index in [9.17, 15) is 9.90 Å². The molecule has 1 aromatic carbocycles. The Bertz CT molecular complexity index is 737. The summed E-state index contributed by atoms with van der Waals surface area (Å²) in [6.45, 7) is 4.37. The van der Waals surface area contributed by atoms with Gasteiger partial charge in [-0.15, -0.1) is 0 Å². The van der Waals surface area contributed by atoms with Crippen LogP contribution in [0.3, 0.4) is 0 Å². The monoisotopic (exact) mass is 339 g/mol. The van der Waals surface area contributed by atoms with Crippen molar-refractivity contribution in [3.05, 3.63) is 53.2 Å². The summed E-state index contributed by atoms with van der Waals surface area (Å²) < 4.78 is 0. The molecule has 2 aromatic rings. The first-order valence-corrected chi connectivity index (χ1v) is 8.91. The number of aromatic hydroxyl groups is 1. The van der Waals surface area contributed by atoms with Crippen molar-refractivity contribution in [3.8, 4) is 5.75 Å². The summed E-state index contributed by atoms with van der Waals surface area (Å²) in [6.07, 6.45) is 6.77. The first-order valence-electron chi connectivity index (χ1n) is 8.91. The van der Waals surface area contributed by atoms with E-state index in [0.29, 0.717) is 12.1 Å². The number of hydrogen-bond acceptors (Lipinski definition) is 4. The third-order valence-corrected chi connectivity index (χ3v) is 4.59. The Labute approximate surface area is 148 Å². The molecule has 0 unspecified atom stereocenters. The highest BCUT2D eigenvalue weighted by Crippen LogP contribution is 2.20. The van der Waals surface area contributed by atoms with Gasteiger partial charge in [0.05, 0.1) is 5.56 Å². The summed E-state index contributed by atoms with van der Waals surface area (Å²) >= 11 is 0. The first kappa shape index (κ1) is 17.3. The molecule has 1 amide bonds. The molecular weight excluding hydrogens is 314 g/mol. The average molecular weight is 339 g/mol. The number of aryl methyl sites for hydroxylation is 1. The van der Waals surface area contributed by atoms with Gasteiger partial charge in [0, 0.05) is 25.8 Å². The van der Waals surface area contributed by atoms with Crippen LogP contribution in [0, 0.1) is 6.92 Å². The van der Waals surface area contributed by atoms with Crippen LogP contribution >= 0.6 is 0 Å². The van der Waals surface area contributed by atoms with Crippen LogP contribution in [0.4, 0.5) is 5.82 Å². The highest BCUT2D eigenvalue weighted by atomic mass is 16.3. The molecule has 1 aliphatic rings. The van der Waals surface area contributed by atoms with Crippen LogP contribution in [0.5, 0.6) is 5.75 Å². The summed E-state index contributed by atoms with van der Waals surface area (Å²) in [7, 11) is 0. The topological polar surface area (TPSA) is 65.5 Å². The summed E-state index contributed by atoms with van der Waals surface area (Å²) in [5.74, 6) is 0.718. The minimum absolute atomic E-state index is 0.0116. The lowest BCUT2D eigenvalue weighted by atomic mass is 10.1. The van der Waals surface area contributed by atoms with E-state index in [1.54, 1.807) is 18.3 Å². The smallest absolute Gasteiger partial charge is 0.255 e. The molecule has 0 saturated carbocycles. The van der Waals surface area contributed by atoms with Crippen LogP contribution in [-0.4, -0.2) is 29.1 Å². The maximum Gasteiger partial charge on any atom is 0.255 e. The Hall–Kier alpha value is -2.56. The summed E-state index contributed by atoms with van der Waals surface area (Å²) in [6, 6.07) is 9.02. The quantitative estimate of drug-likeness (QED) is 0.896. The average Bonchev–Trinajstić information content (AvgIpc) is 2.89. The Morgan fingerprint density at radius 2 is 1.92 bits per heavy atom. The number of phenols is 1. The molecule has 0 radical (unpaired) electrons. The Balaban J connectivity index is 1.64. The van der Waals surface area contributed by atoms with Crippen molar-refractivity contribution in [1.29, 1.82) is 0 Å². The molecule has 132 valence electrons. The van der Waals surface area contributed by atoms with Crippen molar-refractivity contribution in [2.75, 3.05) is 18.0 Å². The van der Waals surface area contributed by atoms with Gasteiger partial charge in [0.2, 0.25) is 0 Å². The number of anilines is 1. The van der Waals surface area contributed by atoms with E-state index in [4.69, 9.17) is 0 Å². The van der Waals surface area contributed by atoms with Gasteiger partial charge in [0.15, 0.2) is 0 Å². The summed E-state index contributed by atoms with van der Waals surface area (Å²) in [5.41, 5.74) is 2.23. The van der Waals surface area contributed by atoms with E-state index >= 15 is 0 Å². The molecule has 5 nitrogen and oxygen atoms in total. The Morgan fingerprint density at radius 3 is 2.64 bits per heavy atom. The molecule has 0 aliphatic carbocycles. The van der Waals surface area contributed by atoms with Crippen molar-refractivity contribution in [3.63, 3.8) is 0 Å². The van der Waals surface area contributed by atoms with Gasteiger partial charge >= 0.3 is 0 Å². The van der Waals surface area contributed by atoms with Gasteiger partial charge in [0.1, 0.15) is 11.6 Å². The second-order valence-electron chi connectivity index (χ2n) is 6.63. The molecule has 2 heterocycles. The fraction of sp³-hybridized carbons (Fsp3) is 0.400. The van der Waals surface area contributed by atoms with E-state index in [1.165, 1.54) is 25.7 Å². The van der Waals surface area contributed by atoms with Gasteiger partial charge < -0.3 is 15.3 Å². The standard InChI is InChI=1S/C20H25N3O2/c1-15-6-7-17(18(24)12-15)20(25)22-14-16-8-9-21-19(13-16)23-10-4-2-3-5-11-23/h6-9,12-13,24H,2-5,10-11,14H2,1H3,(H,22,25). The predicted octanol–water partition coefficient (Wildman–Crippen LogP) is 3.41. The van der Waals surface area contributed by atoms with Gasteiger partial charge in [-0.3, -0.25) is 4.79 Å². The number of nitrogens with zero attached hydrogens (tertiary/aromatic N) is 2. The van der Waals surface area contributed by atoms with Gasteiger partial charge in [-0.2, -0.15) is 0 Å². The zero-order chi connectivity index (χ0) is 17.6. The minimum Gasteiger partial charge on any atom is -0.507 e. The number of hydrogen-bond donors (Lipinski definition) is 2. The zero-order valence-corrected chi connectivity index (χ0v) is 14.7. The summed E-state index contributed by atoms with van der Waals surface area (Å²) in [4.78, 5) is 19.1. The molecule has 5 heteroatoms. The third-order valence-electron chi connectivity index (χ3n) is 4.59. The number of carbonyl (C=O) groups excluding carboxylic acids is 1. The molecule has 0 bridgehead atoms. The fourth-order valence-electron chi connectivity index (χ4n) is 3.15. The van der Waals surface area contributed by atoms with Gasteiger partial charge in [-0.05, 0) is 55.2 Å². The van der Waals surface area contributed by atoms with Crippen molar-refractivity contribution >= 4 is 11.7 Å². The van der Waals surface area contributed by atoms with Crippen LogP contribution < -0.4 is 10.2 Å². The molecule has 0 spiro atoms. The van der Waals surface area contributed by atoms with Crippen molar-refractivity contribution in [1.82, 2.24) is 10.3 Å². The number of nitrogens with one attached hydrogen (secondary N) is 1. The SMILES string of the molecule is Cc1ccc(C(=O)NCc2ccnc(N3CCCCCC3)c2)c(O)c1. The predicted molar refractivity (Wildman–Crippen MR) is 98.9 cm³/mol. The minimum atomic E-state index is -0.273. The molecular formula is C20H25N3O2. The highest BCUT2D eigenvalue weighted by Gasteiger charge is 2.13. The number of rotatable bonds is 4. The van der Waals surface area contributed by atoms with E-state index in [1.807, 2.05) is 25.1 Å². The molecule has 1 saturated heterocycles. The normalized spacial score (nSPS) is 14.8. The van der Waals surface area contributed by atoms with Crippen molar-refractivity contribution in [2.24, 2.45) is 0 Å². The Morgan fingerprint density at radius 1 is 1.16 bits per heavy atom. The highest BCUT2D eigenvalue weighted by molar-refractivity contribution is 5.96. The lowest BCUT2D eigenvalue weighted by Crippen LogP contribution is -2.26. The van der Waals surface area contributed by atoms with E-state index in [-0.39, 0.29) is 11.7 Å². The third kappa shape index (κ3) is 4.50. The summed E-state index contributed by atoms with van der Waals surface area (Å²) in [5, 5.41) is 12.8. The maximum atomic E-state index is 12.3. The Kier molecular flexibility index (Phi) is 5.53. The number of benzene rings is 1.